The average Bonchev–Trinajstić information content (AvgIpc) is 3.50. The first-order valence-corrected chi connectivity index (χ1v) is 11.3. The molecule has 0 saturated carbocycles. The molecule has 0 radical (unpaired) electrons. The summed E-state index contributed by atoms with van der Waals surface area (Å²) in [5.74, 6) is -1.41. The Morgan fingerprint density at radius 1 is 1.18 bits per heavy atom. The highest BCUT2D eigenvalue weighted by molar-refractivity contribution is 7.15. The molecule has 0 atom stereocenters. The van der Waals surface area contributed by atoms with Crippen LogP contribution in [0.1, 0.15) is 27.7 Å². The van der Waals surface area contributed by atoms with Gasteiger partial charge >= 0.3 is 11.8 Å². The maximum atomic E-state index is 12.4. The van der Waals surface area contributed by atoms with Crippen molar-refractivity contribution in [1.82, 2.24) is 20.1 Å². The summed E-state index contributed by atoms with van der Waals surface area (Å²) in [6.45, 7) is 1.72. The van der Waals surface area contributed by atoms with Gasteiger partial charge in [0.15, 0.2) is 4.96 Å². The fourth-order valence-corrected chi connectivity index (χ4v) is 4.00. The molecule has 10 nitrogen and oxygen atoms in total. The number of amides is 3. The van der Waals surface area contributed by atoms with Gasteiger partial charge in [-0.1, -0.05) is 23.2 Å². The Morgan fingerprint density at radius 3 is 2.79 bits per heavy atom. The number of imidazole rings is 1. The Bertz CT molecular complexity index is 1420. The zero-order chi connectivity index (χ0) is 24.2. The van der Waals surface area contributed by atoms with Crippen LogP contribution in [0.5, 0.6) is 0 Å². The van der Waals surface area contributed by atoms with E-state index in [4.69, 9.17) is 27.6 Å². The van der Waals surface area contributed by atoms with E-state index in [1.165, 1.54) is 35.8 Å². The zero-order valence-corrected chi connectivity index (χ0v) is 19.8. The molecule has 34 heavy (non-hydrogen) atoms. The largest absolute Gasteiger partial charge is 0.458 e. The van der Waals surface area contributed by atoms with Gasteiger partial charge in [0.1, 0.15) is 17.2 Å². The topological polar surface area (TPSA) is 130 Å². The summed E-state index contributed by atoms with van der Waals surface area (Å²) >= 11 is 13.1. The van der Waals surface area contributed by atoms with Crippen LogP contribution in [0.4, 0.5) is 5.69 Å². The molecule has 3 aromatic heterocycles. The van der Waals surface area contributed by atoms with Crippen molar-refractivity contribution < 1.29 is 18.8 Å². The van der Waals surface area contributed by atoms with Gasteiger partial charge in [-0.25, -0.2) is 10.4 Å². The molecule has 0 saturated heterocycles. The van der Waals surface area contributed by atoms with E-state index in [9.17, 15) is 14.4 Å². The van der Waals surface area contributed by atoms with E-state index in [-0.39, 0.29) is 11.6 Å². The van der Waals surface area contributed by atoms with E-state index in [0.29, 0.717) is 33.6 Å². The van der Waals surface area contributed by atoms with E-state index < -0.39 is 17.7 Å². The number of hydrazone groups is 1. The number of aromatic nitrogens is 2. The number of nitrogens with zero attached hydrogens (tertiary/aromatic N) is 3. The predicted molar refractivity (Wildman–Crippen MR) is 129 cm³/mol. The van der Waals surface area contributed by atoms with Gasteiger partial charge in [0, 0.05) is 17.3 Å². The number of aryl methyl sites for hydroxylation is 1. The normalized spacial score (nSPS) is 11.1. The fourth-order valence-electron chi connectivity index (χ4n) is 2.94. The third-order valence-electron chi connectivity index (χ3n) is 4.50. The third kappa shape index (κ3) is 5.28. The number of rotatable bonds is 6. The lowest BCUT2D eigenvalue weighted by atomic mass is 10.3. The number of carbonyl (C=O) groups is 3. The van der Waals surface area contributed by atoms with Crippen LogP contribution >= 0.6 is 34.5 Å². The minimum atomic E-state index is -0.871. The van der Waals surface area contributed by atoms with Crippen molar-refractivity contribution >= 4 is 69.1 Å². The summed E-state index contributed by atoms with van der Waals surface area (Å²) in [5.41, 5.74) is 3.76. The summed E-state index contributed by atoms with van der Waals surface area (Å²) < 4.78 is 7.21. The summed E-state index contributed by atoms with van der Waals surface area (Å²) in [4.78, 5) is 41.5. The van der Waals surface area contributed by atoms with Crippen molar-refractivity contribution in [2.75, 3.05) is 5.32 Å². The van der Waals surface area contributed by atoms with Crippen LogP contribution in [0.25, 0.3) is 4.96 Å². The van der Waals surface area contributed by atoms with Crippen molar-refractivity contribution in [3.05, 3.63) is 74.9 Å². The van der Waals surface area contributed by atoms with Gasteiger partial charge in [0.05, 0.1) is 28.5 Å². The van der Waals surface area contributed by atoms with Gasteiger partial charge in [-0.05, 0) is 37.3 Å². The Kier molecular flexibility index (Phi) is 6.96. The standard InChI is InChI=1S/C21H16Cl2N6O4S/c1-11-17(29-6-7-34-21(29)26-11)18(30)28-25-10-14-4-3-13(33-14)9-24-19(31)20(32)27-12-2-5-15(22)16(23)8-12/h2-8,10H,9H2,1H3,(H,24,31)(H,27,32)(H,28,30)/b25-10+. The summed E-state index contributed by atoms with van der Waals surface area (Å²) in [6.07, 6.45) is 3.08. The van der Waals surface area contributed by atoms with Crippen LogP contribution in [0.3, 0.4) is 0 Å². The number of furan rings is 1. The maximum Gasteiger partial charge on any atom is 0.313 e. The molecule has 0 aliphatic rings. The summed E-state index contributed by atoms with van der Waals surface area (Å²) in [5, 5.41) is 11.2. The van der Waals surface area contributed by atoms with Gasteiger partial charge in [0.25, 0.3) is 5.91 Å². The molecule has 0 unspecified atom stereocenters. The van der Waals surface area contributed by atoms with Crippen molar-refractivity contribution in [3.63, 3.8) is 0 Å². The zero-order valence-electron chi connectivity index (χ0n) is 17.5. The minimum Gasteiger partial charge on any atom is -0.458 e. The van der Waals surface area contributed by atoms with Crippen LogP contribution in [0, 0.1) is 6.92 Å². The van der Waals surface area contributed by atoms with Gasteiger partial charge in [-0.2, -0.15) is 5.10 Å². The molecule has 13 heteroatoms. The molecule has 0 spiro atoms. The molecule has 0 aliphatic heterocycles. The monoisotopic (exact) mass is 518 g/mol. The molecular weight excluding hydrogens is 503 g/mol. The highest BCUT2D eigenvalue weighted by Crippen LogP contribution is 2.25. The van der Waals surface area contributed by atoms with Gasteiger partial charge in [0.2, 0.25) is 0 Å². The Hall–Kier alpha value is -3.67. The van der Waals surface area contributed by atoms with Crippen LogP contribution in [-0.4, -0.2) is 33.3 Å². The van der Waals surface area contributed by atoms with Crippen LogP contribution in [0.2, 0.25) is 10.0 Å². The molecule has 174 valence electrons. The molecule has 0 aliphatic carbocycles. The molecule has 1 aromatic carbocycles. The predicted octanol–water partition coefficient (Wildman–Crippen LogP) is 3.62. The number of hydrogen-bond donors (Lipinski definition) is 3. The van der Waals surface area contributed by atoms with Gasteiger partial charge in [-0.15, -0.1) is 11.3 Å². The minimum absolute atomic E-state index is 0.0288. The smallest absolute Gasteiger partial charge is 0.313 e. The Labute approximate surface area is 206 Å². The van der Waals surface area contributed by atoms with Gasteiger partial charge in [-0.3, -0.25) is 18.8 Å². The Morgan fingerprint density at radius 2 is 2.00 bits per heavy atom. The second-order valence-corrected chi connectivity index (χ2v) is 8.56. The first kappa shape index (κ1) is 23.5. The summed E-state index contributed by atoms with van der Waals surface area (Å²) in [7, 11) is 0. The number of fused-ring (bicyclic) bond motifs is 1. The molecule has 0 bridgehead atoms. The first-order chi connectivity index (χ1) is 16.3. The van der Waals surface area contributed by atoms with E-state index in [1.807, 2.05) is 5.38 Å². The second kappa shape index (κ2) is 10.1. The van der Waals surface area contributed by atoms with Crippen molar-refractivity contribution in [3.8, 4) is 0 Å². The fraction of sp³-hybridized carbons (Fsp3) is 0.0952. The van der Waals surface area contributed by atoms with Crippen LogP contribution < -0.4 is 16.1 Å². The van der Waals surface area contributed by atoms with Crippen molar-refractivity contribution in [2.45, 2.75) is 13.5 Å². The quantitative estimate of drug-likeness (QED) is 0.204. The van der Waals surface area contributed by atoms with Crippen LogP contribution in [-0.2, 0) is 16.1 Å². The lowest BCUT2D eigenvalue weighted by Crippen LogP contribution is -2.34. The second-order valence-electron chi connectivity index (χ2n) is 6.87. The molecule has 3 amide bonds. The lowest BCUT2D eigenvalue weighted by molar-refractivity contribution is -0.136. The van der Waals surface area contributed by atoms with E-state index in [1.54, 1.807) is 29.7 Å². The number of nitrogens with one attached hydrogen (secondary N) is 3. The average molecular weight is 519 g/mol. The lowest BCUT2D eigenvalue weighted by Gasteiger charge is -2.06. The van der Waals surface area contributed by atoms with Crippen LogP contribution in [0.15, 0.2) is 51.4 Å². The van der Waals surface area contributed by atoms with E-state index in [0.717, 1.165) is 4.96 Å². The highest BCUT2D eigenvalue weighted by atomic mass is 35.5. The molecule has 0 fully saturated rings. The molecule has 3 heterocycles. The third-order valence-corrected chi connectivity index (χ3v) is 5.99. The van der Waals surface area contributed by atoms with Gasteiger partial charge < -0.3 is 15.1 Å². The molecular formula is C21H16Cl2N6O4S. The number of thiazole rings is 1. The number of anilines is 1. The molecule has 4 aromatic rings. The van der Waals surface area contributed by atoms with E-state index in [2.05, 4.69) is 26.1 Å². The molecule has 3 N–H and O–H groups in total. The number of halogens is 2. The number of carbonyl (C=O) groups excluding carboxylic acids is 3. The number of hydrogen-bond acceptors (Lipinski definition) is 7. The maximum absolute atomic E-state index is 12.4. The highest BCUT2D eigenvalue weighted by Gasteiger charge is 2.17. The SMILES string of the molecule is Cc1nc2sccn2c1C(=O)N/N=C/c1ccc(CNC(=O)C(=O)Nc2ccc(Cl)c(Cl)c2)o1. The number of benzene rings is 1. The van der Waals surface area contributed by atoms with E-state index >= 15 is 0 Å². The summed E-state index contributed by atoms with van der Waals surface area (Å²) in [6, 6.07) is 7.67. The van der Waals surface area contributed by atoms with Crippen molar-refractivity contribution in [2.24, 2.45) is 5.10 Å². The van der Waals surface area contributed by atoms with Crippen molar-refractivity contribution in [1.29, 1.82) is 0 Å². The molecule has 4 rings (SSSR count). The first-order valence-electron chi connectivity index (χ1n) is 9.70. The Balaban J connectivity index is 1.28.